The maximum absolute atomic E-state index is 12.6. The summed E-state index contributed by atoms with van der Waals surface area (Å²) < 4.78 is 10.6. The first-order valence-corrected chi connectivity index (χ1v) is 7.90. The van der Waals surface area contributed by atoms with E-state index in [-0.39, 0.29) is 5.91 Å². The summed E-state index contributed by atoms with van der Waals surface area (Å²) in [4.78, 5) is 12.6. The van der Waals surface area contributed by atoms with Gasteiger partial charge in [0.1, 0.15) is 0 Å². The minimum Gasteiger partial charge on any atom is -0.493 e. The van der Waals surface area contributed by atoms with Gasteiger partial charge in [-0.25, -0.2) is 0 Å². The SMILES string of the molecule is COc1ccc(C(C)(C)NC(=O)c2ccc(C)c(C)c2)cc1OC. The molecule has 1 amide bonds. The number of carbonyl (C=O) groups excluding carboxylic acids is 1. The third kappa shape index (κ3) is 3.70. The lowest BCUT2D eigenvalue weighted by Gasteiger charge is -2.28. The molecule has 0 saturated heterocycles. The van der Waals surface area contributed by atoms with Crippen molar-refractivity contribution in [3.8, 4) is 11.5 Å². The lowest BCUT2D eigenvalue weighted by molar-refractivity contribution is 0.0912. The number of benzene rings is 2. The average molecular weight is 327 g/mol. The van der Waals surface area contributed by atoms with Crippen LogP contribution in [0.5, 0.6) is 11.5 Å². The fraction of sp³-hybridized carbons (Fsp3) is 0.350. The van der Waals surface area contributed by atoms with Crippen molar-refractivity contribution in [3.63, 3.8) is 0 Å². The minimum absolute atomic E-state index is 0.0992. The van der Waals surface area contributed by atoms with Gasteiger partial charge in [0.2, 0.25) is 0 Å². The zero-order valence-corrected chi connectivity index (χ0v) is 15.2. The van der Waals surface area contributed by atoms with Crippen LogP contribution in [0.4, 0.5) is 0 Å². The first-order chi connectivity index (χ1) is 11.3. The maximum atomic E-state index is 12.6. The summed E-state index contributed by atoms with van der Waals surface area (Å²) in [5, 5.41) is 3.09. The lowest BCUT2D eigenvalue weighted by Crippen LogP contribution is -2.41. The van der Waals surface area contributed by atoms with Crippen molar-refractivity contribution >= 4 is 5.91 Å². The molecule has 0 aromatic heterocycles. The summed E-state index contributed by atoms with van der Waals surface area (Å²) in [5.74, 6) is 1.21. The molecule has 0 aliphatic heterocycles. The molecule has 4 nitrogen and oxygen atoms in total. The first kappa shape index (κ1) is 17.9. The highest BCUT2D eigenvalue weighted by molar-refractivity contribution is 5.95. The largest absolute Gasteiger partial charge is 0.493 e. The van der Waals surface area contributed by atoms with Gasteiger partial charge in [0.05, 0.1) is 19.8 Å². The Morgan fingerprint density at radius 3 is 2.17 bits per heavy atom. The number of hydrogen-bond acceptors (Lipinski definition) is 3. The molecule has 128 valence electrons. The molecule has 0 atom stereocenters. The first-order valence-electron chi connectivity index (χ1n) is 7.90. The molecule has 0 aliphatic rings. The Morgan fingerprint density at radius 1 is 0.917 bits per heavy atom. The van der Waals surface area contributed by atoms with Crippen LogP contribution in [-0.4, -0.2) is 20.1 Å². The van der Waals surface area contributed by atoms with Gasteiger partial charge in [-0.15, -0.1) is 0 Å². The normalized spacial score (nSPS) is 11.1. The van der Waals surface area contributed by atoms with Crippen LogP contribution in [0.3, 0.4) is 0 Å². The average Bonchev–Trinajstić information content (AvgIpc) is 2.56. The molecule has 0 spiro atoms. The van der Waals surface area contributed by atoms with E-state index in [1.807, 2.05) is 64.1 Å². The molecule has 24 heavy (non-hydrogen) atoms. The van der Waals surface area contributed by atoms with Gasteiger partial charge in [-0.05, 0) is 68.7 Å². The van der Waals surface area contributed by atoms with Crippen LogP contribution in [0, 0.1) is 13.8 Å². The zero-order chi connectivity index (χ0) is 17.9. The fourth-order valence-corrected chi connectivity index (χ4v) is 2.54. The highest BCUT2D eigenvalue weighted by Crippen LogP contribution is 2.32. The fourth-order valence-electron chi connectivity index (χ4n) is 2.54. The van der Waals surface area contributed by atoms with Crippen LogP contribution >= 0.6 is 0 Å². The van der Waals surface area contributed by atoms with Crippen LogP contribution in [0.2, 0.25) is 0 Å². The Hall–Kier alpha value is -2.49. The molecule has 0 aliphatic carbocycles. The number of rotatable bonds is 5. The molecule has 0 saturated carbocycles. The number of amides is 1. The molecule has 0 fully saturated rings. The number of methoxy groups -OCH3 is 2. The minimum atomic E-state index is -0.546. The van der Waals surface area contributed by atoms with E-state index in [1.165, 1.54) is 5.56 Å². The molecule has 0 bridgehead atoms. The van der Waals surface area contributed by atoms with Crippen molar-refractivity contribution in [2.24, 2.45) is 0 Å². The van der Waals surface area contributed by atoms with E-state index in [4.69, 9.17) is 9.47 Å². The van der Waals surface area contributed by atoms with E-state index >= 15 is 0 Å². The monoisotopic (exact) mass is 327 g/mol. The number of nitrogens with one attached hydrogen (secondary N) is 1. The molecule has 4 heteroatoms. The van der Waals surface area contributed by atoms with Crippen LogP contribution in [0.25, 0.3) is 0 Å². The van der Waals surface area contributed by atoms with Crippen molar-refractivity contribution in [3.05, 3.63) is 58.7 Å². The Balaban J connectivity index is 2.26. The second-order valence-corrected chi connectivity index (χ2v) is 6.45. The van der Waals surface area contributed by atoms with Crippen LogP contribution < -0.4 is 14.8 Å². The van der Waals surface area contributed by atoms with Crippen molar-refractivity contribution in [2.45, 2.75) is 33.2 Å². The van der Waals surface area contributed by atoms with Gasteiger partial charge in [-0.3, -0.25) is 4.79 Å². The number of carbonyl (C=O) groups is 1. The third-order valence-corrected chi connectivity index (χ3v) is 4.30. The molecule has 1 N–H and O–H groups in total. The molecule has 0 heterocycles. The number of hydrogen-bond donors (Lipinski definition) is 1. The summed E-state index contributed by atoms with van der Waals surface area (Å²) in [7, 11) is 3.20. The van der Waals surface area contributed by atoms with E-state index in [1.54, 1.807) is 14.2 Å². The van der Waals surface area contributed by atoms with Gasteiger partial charge in [0.15, 0.2) is 11.5 Å². The lowest BCUT2D eigenvalue weighted by atomic mass is 9.93. The zero-order valence-electron chi connectivity index (χ0n) is 15.2. The molecule has 0 unspecified atom stereocenters. The Bertz CT molecular complexity index is 751. The molecule has 0 radical (unpaired) electrons. The highest BCUT2D eigenvalue weighted by Gasteiger charge is 2.25. The second-order valence-electron chi connectivity index (χ2n) is 6.45. The molecule has 2 rings (SSSR count). The van der Waals surface area contributed by atoms with Gasteiger partial charge in [0, 0.05) is 5.56 Å². The third-order valence-electron chi connectivity index (χ3n) is 4.30. The van der Waals surface area contributed by atoms with Gasteiger partial charge in [-0.2, -0.15) is 0 Å². The number of ether oxygens (including phenoxy) is 2. The van der Waals surface area contributed by atoms with Gasteiger partial charge >= 0.3 is 0 Å². The van der Waals surface area contributed by atoms with Crippen molar-refractivity contribution < 1.29 is 14.3 Å². The van der Waals surface area contributed by atoms with E-state index < -0.39 is 5.54 Å². The van der Waals surface area contributed by atoms with E-state index in [0.29, 0.717) is 17.1 Å². The van der Waals surface area contributed by atoms with Crippen LogP contribution in [0.1, 0.15) is 40.9 Å². The topological polar surface area (TPSA) is 47.6 Å². The van der Waals surface area contributed by atoms with Gasteiger partial charge in [-0.1, -0.05) is 12.1 Å². The quantitative estimate of drug-likeness (QED) is 0.903. The Kier molecular flexibility index (Phi) is 5.17. The summed E-state index contributed by atoms with van der Waals surface area (Å²) in [6, 6.07) is 11.4. The Morgan fingerprint density at radius 2 is 1.58 bits per heavy atom. The van der Waals surface area contributed by atoms with E-state index in [0.717, 1.165) is 11.1 Å². The smallest absolute Gasteiger partial charge is 0.251 e. The molecule has 2 aromatic carbocycles. The molecular weight excluding hydrogens is 302 g/mol. The number of aryl methyl sites for hydroxylation is 2. The highest BCUT2D eigenvalue weighted by atomic mass is 16.5. The van der Waals surface area contributed by atoms with Gasteiger partial charge < -0.3 is 14.8 Å². The Labute approximate surface area is 143 Å². The van der Waals surface area contributed by atoms with Crippen molar-refractivity contribution in [1.29, 1.82) is 0 Å². The molecule has 2 aromatic rings. The predicted octanol–water partition coefficient (Wildman–Crippen LogP) is 3.99. The van der Waals surface area contributed by atoms with Crippen LogP contribution in [0.15, 0.2) is 36.4 Å². The van der Waals surface area contributed by atoms with E-state index in [2.05, 4.69) is 5.32 Å². The predicted molar refractivity (Wildman–Crippen MR) is 96.0 cm³/mol. The van der Waals surface area contributed by atoms with Crippen molar-refractivity contribution in [1.82, 2.24) is 5.32 Å². The summed E-state index contributed by atoms with van der Waals surface area (Å²) in [6.45, 7) is 7.97. The second kappa shape index (κ2) is 6.95. The van der Waals surface area contributed by atoms with Crippen LogP contribution in [-0.2, 0) is 5.54 Å². The summed E-state index contributed by atoms with van der Waals surface area (Å²) in [6.07, 6.45) is 0. The molecular formula is C20H25NO3. The van der Waals surface area contributed by atoms with Crippen molar-refractivity contribution in [2.75, 3.05) is 14.2 Å². The van der Waals surface area contributed by atoms with E-state index in [9.17, 15) is 4.79 Å². The summed E-state index contributed by atoms with van der Waals surface area (Å²) >= 11 is 0. The standard InChI is InChI=1S/C20H25NO3/c1-13-7-8-15(11-14(13)2)19(22)21-20(3,4)16-9-10-17(23-5)18(12-16)24-6/h7-12H,1-6H3,(H,21,22). The van der Waals surface area contributed by atoms with Gasteiger partial charge in [0.25, 0.3) is 5.91 Å². The summed E-state index contributed by atoms with van der Waals surface area (Å²) in [5.41, 5.74) is 3.33. The maximum Gasteiger partial charge on any atom is 0.251 e.